The second-order valence-corrected chi connectivity index (χ2v) is 8.07. The number of ether oxygens (including phenoxy) is 2. The van der Waals surface area contributed by atoms with Crippen LogP contribution in [0.5, 0.6) is 5.75 Å². The molecule has 3 rings (SSSR count). The highest BCUT2D eigenvalue weighted by atomic mass is 32.1. The molecule has 2 aromatic heterocycles. The van der Waals surface area contributed by atoms with Crippen molar-refractivity contribution in [2.45, 2.75) is 44.8 Å². The summed E-state index contributed by atoms with van der Waals surface area (Å²) in [5, 5.41) is 14.2. The lowest BCUT2D eigenvalue weighted by atomic mass is 9.92. The van der Waals surface area contributed by atoms with Gasteiger partial charge in [-0.2, -0.15) is 0 Å². The molecule has 2 aromatic rings. The van der Waals surface area contributed by atoms with Gasteiger partial charge in [0.15, 0.2) is 5.76 Å². The van der Waals surface area contributed by atoms with Crippen LogP contribution in [0.25, 0.3) is 0 Å². The van der Waals surface area contributed by atoms with Crippen LogP contribution in [0.15, 0.2) is 32.5 Å². The molecule has 0 saturated heterocycles. The molecule has 1 aliphatic carbocycles. The Morgan fingerprint density at radius 2 is 2.12 bits per heavy atom. The number of carbonyl (C=O) groups is 1. The first-order valence-corrected chi connectivity index (χ1v) is 10.9. The molecule has 1 amide bonds. The third kappa shape index (κ3) is 5.71. The van der Waals surface area contributed by atoms with E-state index in [2.05, 4.69) is 25.8 Å². The van der Waals surface area contributed by atoms with Crippen LogP contribution < -0.4 is 26.7 Å². The minimum absolute atomic E-state index is 0.00190. The predicted octanol–water partition coefficient (Wildman–Crippen LogP) is 2.69. The van der Waals surface area contributed by atoms with Gasteiger partial charge in [-0.05, 0) is 32.0 Å². The van der Waals surface area contributed by atoms with Crippen molar-refractivity contribution in [3.8, 4) is 5.75 Å². The standard InChI is InChI=1S/C20H26N6O5S/c1-11(8-9-21)22-19-25-26-20(32-19)24-17(27)15-10-13(16(30-3)18(28)31-15)23-12-6-4-5-7-14(12)29-2/h8-10,12,14,23H,4-7,21H2,1-3H3,(H,24,26,27)/b9-8-,22-11+/t12-,14+/m0/s1. The molecule has 0 spiro atoms. The van der Waals surface area contributed by atoms with Gasteiger partial charge in [0, 0.05) is 18.9 Å². The number of hydrogen-bond donors (Lipinski definition) is 3. The maximum atomic E-state index is 12.7. The molecule has 0 bridgehead atoms. The Hall–Kier alpha value is -3.25. The Morgan fingerprint density at radius 1 is 1.34 bits per heavy atom. The Kier molecular flexibility index (Phi) is 7.95. The van der Waals surface area contributed by atoms with Gasteiger partial charge in [-0.1, -0.05) is 24.2 Å². The number of nitrogens with two attached hydrogens (primary N) is 1. The van der Waals surface area contributed by atoms with E-state index >= 15 is 0 Å². The van der Waals surface area contributed by atoms with Crippen molar-refractivity contribution in [2.24, 2.45) is 10.7 Å². The minimum Gasteiger partial charge on any atom is -0.488 e. The van der Waals surface area contributed by atoms with Gasteiger partial charge in [0.05, 0.1) is 24.9 Å². The third-order valence-corrected chi connectivity index (χ3v) is 5.66. The van der Waals surface area contributed by atoms with E-state index in [1.165, 1.54) is 19.4 Å². The van der Waals surface area contributed by atoms with Gasteiger partial charge in [0.1, 0.15) is 0 Å². The Morgan fingerprint density at radius 3 is 2.84 bits per heavy atom. The predicted molar refractivity (Wildman–Crippen MR) is 122 cm³/mol. The van der Waals surface area contributed by atoms with Crippen LogP contribution in [-0.2, 0) is 4.74 Å². The lowest BCUT2D eigenvalue weighted by Crippen LogP contribution is -2.38. The fourth-order valence-corrected chi connectivity index (χ4v) is 4.11. The molecule has 2 atom stereocenters. The zero-order valence-corrected chi connectivity index (χ0v) is 18.9. The number of aromatic nitrogens is 2. The number of amides is 1. The van der Waals surface area contributed by atoms with E-state index < -0.39 is 11.5 Å². The highest BCUT2D eigenvalue weighted by Gasteiger charge is 2.27. The number of methoxy groups -OCH3 is 2. The zero-order chi connectivity index (χ0) is 23.1. The monoisotopic (exact) mass is 462 g/mol. The highest BCUT2D eigenvalue weighted by molar-refractivity contribution is 7.18. The van der Waals surface area contributed by atoms with Gasteiger partial charge in [-0.3, -0.25) is 10.1 Å². The van der Waals surface area contributed by atoms with E-state index in [0.717, 1.165) is 37.0 Å². The summed E-state index contributed by atoms with van der Waals surface area (Å²) in [6.45, 7) is 1.75. The first-order valence-electron chi connectivity index (χ1n) is 10.0. The van der Waals surface area contributed by atoms with Crippen LogP contribution in [-0.4, -0.2) is 48.2 Å². The van der Waals surface area contributed by atoms with Crippen LogP contribution in [0.4, 0.5) is 16.0 Å². The molecule has 4 N–H and O–H groups in total. The molecule has 0 unspecified atom stereocenters. The van der Waals surface area contributed by atoms with Crippen LogP contribution in [0.1, 0.15) is 43.2 Å². The molecule has 1 saturated carbocycles. The summed E-state index contributed by atoms with van der Waals surface area (Å²) < 4.78 is 15.9. The second-order valence-electron chi connectivity index (χ2n) is 7.11. The summed E-state index contributed by atoms with van der Waals surface area (Å²) in [4.78, 5) is 29.3. The van der Waals surface area contributed by atoms with Gasteiger partial charge < -0.3 is 24.9 Å². The van der Waals surface area contributed by atoms with Crippen molar-refractivity contribution < 1.29 is 18.7 Å². The van der Waals surface area contributed by atoms with Crippen molar-refractivity contribution >= 4 is 38.9 Å². The van der Waals surface area contributed by atoms with Crippen LogP contribution in [0.3, 0.4) is 0 Å². The molecule has 1 fully saturated rings. The van der Waals surface area contributed by atoms with E-state index in [9.17, 15) is 9.59 Å². The minimum atomic E-state index is -0.765. The molecule has 172 valence electrons. The van der Waals surface area contributed by atoms with Crippen molar-refractivity contribution in [1.29, 1.82) is 0 Å². The second kappa shape index (κ2) is 10.9. The fourth-order valence-electron chi connectivity index (χ4n) is 3.44. The third-order valence-electron chi connectivity index (χ3n) is 4.93. The molecule has 0 aromatic carbocycles. The zero-order valence-electron chi connectivity index (χ0n) is 18.1. The van der Waals surface area contributed by atoms with Gasteiger partial charge >= 0.3 is 5.63 Å². The number of rotatable bonds is 8. The van der Waals surface area contributed by atoms with Gasteiger partial charge in [0.25, 0.3) is 5.91 Å². The number of aliphatic imine (C=N–C) groups is 1. The first kappa shape index (κ1) is 23.4. The summed E-state index contributed by atoms with van der Waals surface area (Å²) in [6, 6.07) is 1.42. The topological polar surface area (TPSA) is 154 Å². The fraction of sp³-hybridized carbons (Fsp3) is 0.450. The normalized spacial score (nSPS) is 19.2. The molecule has 0 radical (unpaired) electrons. The van der Waals surface area contributed by atoms with Gasteiger partial charge in [0.2, 0.25) is 16.0 Å². The average Bonchev–Trinajstić information content (AvgIpc) is 3.20. The van der Waals surface area contributed by atoms with Crippen LogP contribution >= 0.6 is 11.3 Å². The maximum absolute atomic E-state index is 12.7. The Bertz CT molecular complexity index is 1060. The molecular formula is C20H26N6O5S. The quantitative estimate of drug-likeness (QED) is 0.502. The summed E-state index contributed by atoms with van der Waals surface area (Å²) in [7, 11) is 3.03. The number of hydrogen-bond acceptors (Lipinski definition) is 11. The molecule has 12 heteroatoms. The molecule has 2 heterocycles. The smallest absolute Gasteiger partial charge is 0.381 e. The number of allylic oxidation sites excluding steroid dienone is 1. The van der Waals surface area contributed by atoms with Crippen molar-refractivity contribution in [1.82, 2.24) is 10.2 Å². The van der Waals surface area contributed by atoms with E-state index in [1.54, 1.807) is 20.1 Å². The summed E-state index contributed by atoms with van der Waals surface area (Å²) in [6.07, 6.45) is 6.87. The van der Waals surface area contributed by atoms with Crippen molar-refractivity contribution in [3.63, 3.8) is 0 Å². The Labute approximate surface area is 188 Å². The number of carbonyl (C=O) groups excluding carboxylic acids is 1. The van der Waals surface area contributed by atoms with Crippen molar-refractivity contribution in [2.75, 3.05) is 24.9 Å². The van der Waals surface area contributed by atoms with E-state index in [4.69, 9.17) is 19.6 Å². The van der Waals surface area contributed by atoms with Gasteiger partial charge in [-0.25, -0.2) is 9.79 Å². The number of anilines is 2. The van der Waals surface area contributed by atoms with E-state index in [1.807, 2.05) is 0 Å². The molecular weight excluding hydrogens is 436 g/mol. The number of nitrogens with one attached hydrogen (secondary N) is 2. The molecule has 32 heavy (non-hydrogen) atoms. The first-order chi connectivity index (χ1) is 15.4. The number of nitrogens with zero attached hydrogens (tertiary/aromatic N) is 3. The Balaban J connectivity index is 1.80. The lowest BCUT2D eigenvalue weighted by molar-refractivity contribution is 0.0605. The summed E-state index contributed by atoms with van der Waals surface area (Å²) >= 11 is 1.06. The van der Waals surface area contributed by atoms with E-state index in [0.29, 0.717) is 16.5 Å². The van der Waals surface area contributed by atoms with Crippen LogP contribution in [0, 0.1) is 0 Å². The van der Waals surface area contributed by atoms with Gasteiger partial charge in [-0.15, -0.1) is 10.2 Å². The summed E-state index contributed by atoms with van der Waals surface area (Å²) in [5.41, 5.74) is 5.57. The average molecular weight is 463 g/mol. The van der Waals surface area contributed by atoms with E-state index in [-0.39, 0.29) is 28.8 Å². The maximum Gasteiger partial charge on any atom is 0.381 e. The lowest BCUT2D eigenvalue weighted by Gasteiger charge is -2.32. The van der Waals surface area contributed by atoms with Crippen molar-refractivity contribution in [3.05, 3.63) is 34.5 Å². The summed E-state index contributed by atoms with van der Waals surface area (Å²) in [5.74, 6) is -0.839. The molecule has 0 aliphatic heterocycles. The SMILES string of the molecule is COc1c(N[C@H]2CCCC[C@H]2OC)cc(C(=O)Nc2nnc(/N=C(C)/C=C\N)s2)oc1=O. The molecule has 1 aliphatic rings. The largest absolute Gasteiger partial charge is 0.488 e. The highest BCUT2D eigenvalue weighted by Crippen LogP contribution is 2.29. The molecule has 11 nitrogen and oxygen atoms in total. The van der Waals surface area contributed by atoms with Crippen LogP contribution in [0.2, 0.25) is 0 Å².